The van der Waals surface area contributed by atoms with Crippen molar-refractivity contribution in [2.24, 2.45) is 5.92 Å². The average Bonchev–Trinajstić information content (AvgIpc) is 2.77. The summed E-state index contributed by atoms with van der Waals surface area (Å²) in [4.78, 5) is 26.4. The lowest BCUT2D eigenvalue weighted by molar-refractivity contribution is -0.142. The Morgan fingerprint density at radius 3 is 2.89 bits per heavy atom. The van der Waals surface area contributed by atoms with E-state index in [9.17, 15) is 14.7 Å². The van der Waals surface area contributed by atoms with Crippen LogP contribution < -0.4 is 5.32 Å². The quantitative estimate of drug-likeness (QED) is 0.676. The van der Waals surface area contributed by atoms with Crippen molar-refractivity contribution >= 4 is 11.9 Å². The van der Waals surface area contributed by atoms with Gasteiger partial charge in [0.15, 0.2) is 5.69 Å². The second kappa shape index (κ2) is 5.01. The van der Waals surface area contributed by atoms with E-state index in [0.717, 1.165) is 0 Å². The van der Waals surface area contributed by atoms with Gasteiger partial charge in [-0.25, -0.2) is 4.98 Å². The Morgan fingerprint density at radius 2 is 2.22 bits per heavy atom. The van der Waals surface area contributed by atoms with Crippen LogP contribution in [0.25, 0.3) is 0 Å². The highest BCUT2D eigenvalue weighted by molar-refractivity contribution is 5.95. The van der Waals surface area contributed by atoms with Crippen molar-refractivity contribution in [3.05, 3.63) is 24.0 Å². The number of ether oxygens (including phenoxy) is 1. The third kappa shape index (κ3) is 2.40. The van der Waals surface area contributed by atoms with Crippen molar-refractivity contribution in [1.29, 1.82) is 0 Å². The average molecular weight is 252 g/mol. The maximum Gasteiger partial charge on any atom is 0.311 e. The van der Waals surface area contributed by atoms with Crippen LogP contribution in [0.4, 0.5) is 0 Å². The first-order valence-electron chi connectivity index (χ1n) is 5.35. The fraction of sp³-hybridized carbons (Fsp3) is 0.364. The first-order chi connectivity index (χ1) is 8.59. The van der Waals surface area contributed by atoms with Gasteiger partial charge in [0.2, 0.25) is 0 Å². The SMILES string of the molecule is O=C(NC1COCC1C(=O)O)c1ncccc1O. The molecular weight excluding hydrogens is 240 g/mol. The van der Waals surface area contributed by atoms with Crippen molar-refractivity contribution in [2.75, 3.05) is 13.2 Å². The normalized spacial score (nSPS) is 22.7. The maximum absolute atomic E-state index is 11.8. The lowest BCUT2D eigenvalue weighted by Crippen LogP contribution is -2.42. The van der Waals surface area contributed by atoms with Gasteiger partial charge in [-0.2, -0.15) is 0 Å². The second-order valence-electron chi connectivity index (χ2n) is 3.93. The second-order valence-corrected chi connectivity index (χ2v) is 3.93. The summed E-state index contributed by atoms with van der Waals surface area (Å²) in [6.45, 7) is 0.199. The molecule has 0 aromatic carbocycles. The van der Waals surface area contributed by atoms with E-state index < -0.39 is 23.8 Å². The van der Waals surface area contributed by atoms with Crippen LogP contribution in [-0.2, 0) is 9.53 Å². The third-order valence-electron chi connectivity index (χ3n) is 2.72. The Hall–Kier alpha value is -2.15. The first kappa shape index (κ1) is 12.3. The van der Waals surface area contributed by atoms with Crippen LogP contribution in [-0.4, -0.2) is 46.3 Å². The summed E-state index contributed by atoms with van der Waals surface area (Å²) in [5.74, 6) is -2.67. The van der Waals surface area contributed by atoms with Crippen LogP contribution >= 0.6 is 0 Å². The highest BCUT2D eigenvalue weighted by Crippen LogP contribution is 2.16. The number of hydrogen-bond acceptors (Lipinski definition) is 5. The lowest BCUT2D eigenvalue weighted by atomic mass is 10.0. The van der Waals surface area contributed by atoms with E-state index in [1.807, 2.05) is 0 Å². The smallest absolute Gasteiger partial charge is 0.311 e. The van der Waals surface area contributed by atoms with Gasteiger partial charge in [-0.3, -0.25) is 9.59 Å². The molecule has 1 fully saturated rings. The number of carbonyl (C=O) groups excluding carboxylic acids is 1. The predicted octanol–water partition coefficient (Wildman–Crippen LogP) is -0.383. The molecule has 0 radical (unpaired) electrons. The Morgan fingerprint density at radius 1 is 1.44 bits per heavy atom. The number of rotatable bonds is 3. The molecule has 1 aromatic rings. The molecule has 2 heterocycles. The molecule has 1 aromatic heterocycles. The van der Waals surface area contributed by atoms with E-state index in [4.69, 9.17) is 9.84 Å². The van der Waals surface area contributed by atoms with Crippen LogP contribution in [0.3, 0.4) is 0 Å². The molecule has 0 spiro atoms. The van der Waals surface area contributed by atoms with Crippen molar-refractivity contribution in [1.82, 2.24) is 10.3 Å². The van der Waals surface area contributed by atoms with Gasteiger partial charge in [0.25, 0.3) is 5.91 Å². The van der Waals surface area contributed by atoms with Gasteiger partial charge in [0, 0.05) is 6.20 Å². The molecule has 1 saturated heterocycles. The summed E-state index contributed by atoms with van der Waals surface area (Å²) in [6.07, 6.45) is 1.37. The number of carboxylic acid groups (broad SMARTS) is 1. The van der Waals surface area contributed by atoms with Gasteiger partial charge >= 0.3 is 5.97 Å². The molecule has 1 aliphatic rings. The number of aromatic hydroxyl groups is 1. The van der Waals surface area contributed by atoms with Gasteiger partial charge in [-0.1, -0.05) is 0 Å². The molecule has 1 aliphatic heterocycles. The van der Waals surface area contributed by atoms with Crippen molar-refractivity contribution < 1.29 is 24.5 Å². The summed E-state index contributed by atoms with van der Waals surface area (Å²) < 4.78 is 5.02. The van der Waals surface area contributed by atoms with Crippen LogP contribution in [0, 0.1) is 5.92 Å². The van der Waals surface area contributed by atoms with Crippen LogP contribution in [0.1, 0.15) is 10.5 Å². The number of amides is 1. The molecule has 7 nitrogen and oxygen atoms in total. The van der Waals surface area contributed by atoms with Crippen LogP contribution in [0.15, 0.2) is 18.3 Å². The molecule has 2 atom stereocenters. The zero-order chi connectivity index (χ0) is 13.1. The number of aromatic nitrogens is 1. The standard InChI is InChI=1S/C11H12N2O5/c14-8-2-1-3-12-9(8)10(15)13-7-5-18-4-6(7)11(16)17/h1-3,6-7,14H,4-5H2,(H,13,15)(H,16,17). The van der Waals surface area contributed by atoms with E-state index in [0.29, 0.717) is 0 Å². The molecule has 0 aliphatic carbocycles. The number of nitrogens with one attached hydrogen (secondary N) is 1. The zero-order valence-corrected chi connectivity index (χ0v) is 9.37. The summed E-state index contributed by atoms with van der Waals surface area (Å²) in [6, 6.07) is 2.21. The predicted molar refractivity (Wildman–Crippen MR) is 59.1 cm³/mol. The number of carbonyl (C=O) groups is 2. The molecule has 18 heavy (non-hydrogen) atoms. The Labute approximate surface area is 102 Å². The van der Waals surface area contributed by atoms with Gasteiger partial charge in [0.1, 0.15) is 11.7 Å². The topological polar surface area (TPSA) is 109 Å². The van der Waals surface area contributed by atoms with Crippen molar-refractivity contribution in [3.63, 3.8) is 0 Å². The van der Waals surface area contributed by atoms with Gasteiger partial charge < -0.3 is 20.3 Å². The molecule has 2 unspecified atom stereocenters. The molecule has 2 rings (SSSR count). The van der Waals surface area contributed by atoms with Gasteiger partial charge in [0.05, 0.1) is 19.3 Å². The minimum Gasteiger partial charge on any atom is -0.505 e. The Balaban J connectivity index is 2.08. The van der Waals surface area contributed by atoms with E-state index in [1.165, 1.54) is 18.3 Å². The molecule has 0 saturated carbocycles. The first-order valence-corrected chi connectivity index (χ1v) is 5.35. The fourth-order valence-electron chi connectivity index (χ4n) is 1.75. The van der Waals surface area contributed by atoms with E-state index in [2.05, 4.69) is 10.3 Å². The lowest BCUT2D eigenvalue weighted by Gasteiger charge is -2.15. The molecule has 3 N–H and O–H groups in total. The molecule has 1 amide bonds. The Bertz CT molecular complexity index is 476. The fourth-order valence-corrected chi connectivity index (χ4v) is 1.75. The van der Waals surface area contributed by atoms with E-state index in [-0.39, 0.29) is 24.7 Å². The minimum atomic E-state index is -1.02. The monoisotopic (exact) mass is 252 g/mol. The maximum atomic E-state index is 11.8. The van der Waals surface area contributed by atoms with E-state index in [1.54, 1.807) is 0 Å². The summed E-state index contributed by atoms with van der Waals surface area (Å²) in [7, 11) is 0. The number of hydrogen-bond donors (Lipinski definition) is 3. The summed E-state index contributed by atoms with van der Waals surface area (Å²) >= 11 is 0. The summed E-state index contributed by atoms with van der Waals surface area (Å²) in [5, 5.41) is 20.9. The number of nitrogens with zero attached hydrogens (tertiary/aromatic N) is 1. The largest absolute Gasteiger partial charge is 0.505 e. The van der Waals surface area contributed by atoms with Crippen LogP contribution in [0.5, 0.6) is 5.75 Å². The van der Waals surface area contributed by atoms with Gasteiger partial charge in [-0.15, -0.1) is 0 Å². The molecular formula is C11H12N2O5. The molecule has 7 heteroatoms. The molecule has 96 valence electrons. The number of pyridine rings is 1. The number of carboxylic acids is 1. The summed E-state index contributed by atoms with van der Waals surface area (Å²) in [5.41, 5.74) is -0.131. The van der Waals surface area contributed by atoms with E-state index >= 15 is 0 Å². The highest BCUT2D eigenvalue weighted by atomic mass is 16.5. The van der Waals surface area contributed by atoms with Crippen LogP contribution in [0.2, 0.25) is 0 Å². The molecule has 0 bridgehead atoms. The van der Waals surface area contributed by atoms with Crippen molar-refractivity contribution in [2.45, 2.75) is 6.04 Å². The zero-order valence-electron chi connectivity index (χ0n) is 9.37. The highest BCUT2D eigenvalue weighted by Gasteiger charge is 2.35. The van der Waals surface area contributed by atoms with Crippen molar-refractivity contribution in [3.8, 4) is 5.75 Å². The van der Waals surface area contributed by atoms with Gasteiger partial charge in [-0.05, 0) is 12.1 Å². The minimum absolute atomic E-state index is 0.0640. The number of aliphatic carboxylic acids is 1. The Kier molecular flexibility index (Phi) is 3.42. The third-order valence-corrected chi connectivity index (χ3v) is 2.72.